The molecule has 0 saturated carbocycles. The van der Waals surface area contributed by atoms with Gasteiger partial charge in [0, 0.05) is 10.6 Å². The molecule has 1 rings (SSSR count). The second-order valence-corrected chi connectivity index (χ2v) is 3.21. The van der Waals surface area contributed by atoms with Gasteiger partial charge in [0.15, 0.2) is 5.71 Å². The smallest absolute Gasteiger partial charge is 0.214 e. The number of rotatable bonds is 1. The Labute approximate surface area is 93.3 Å². The van der Waals surface area contributed by atoms with Crippen LogP contribution in [0.4, 0.5) is 17.6 Å². The maximum absolute atomic E-state index is 13.1. The summed E-state index contributed by atoms with van der Waals surface area (Å²) in [6, 6.07) is 2.83. The fraction of sp³-hybridized carbons (Fsp3) is 0.125. The molecule has 0 heterocycles. The van der Waals surface area contributed by atoms with E-state index in [0.717, 1.165) is 18.2 Å². The summed E-state index contributed by atoms with van der Waals surface area (Å²) in [5.41, 5.74) is -2.13. The maximum Gasteiger partial charge on any atom is 0.434 e. The third-order valence-electron chi connectivity index (χ3n) is 1.55. The number of alkyl halides is 3. The van der Waals surface area contributed by atoms with Crippen LogP contribution in [-0.4, -0.2) is 11.9 Å². The van der Waals surface area contributed by atoms with Gasteiger partial charge in [-0.1, -0.05) is 11.6 Å². The lowest BCUT2D eigenvalue weighted by atomic mass is 10.1. The van der Waals surface area contributed by atoms with Crippen LogP contribution in [0.5, 0.6) is 0 Å². The van der Waals surface area contributed by atoms with Gasteiger partial charge in [-0.25, -0.2) is 8.79 Å². The zero-order valence-electron chi connectivity index (χ0n) is 7.02. The van der Waals surface area contributed by atoms with Crippen LogP contribution in [0.3, 0.4) is 0 Å². The van der Waals surface area contributed by atoms with Crippen LogP contribution in [0.15, 0.2) is 22.6 Å². The van der Waals surface area contributed by atoms with E-state index in [0.29, 0.717) is 0 Å². The maximum atomic E-state index is 13.1. The Morgan fingerprint density at radius 3 is 2.40 bits per heavy atom. The van der Waals surface area contributed by atoms with Crippen molar-refractivity contribution in [1.29, 1.82) is 0 Å². The Hall–Kier alpha value is -0.750. The molecule has 7 heteroatoms. The highest BCUT2D eigenvalue weighted by molar-refractivity contribution is 7.79. The van der Waals surface area contributed by atoms with Crippen LogP contribution in [0.1, 0.15) is 5.56 Å². The van der Waals surface area contributed by atoms with Crippen molar-refractivity contribution in [2.75, 3.05) is 0 Å². The average molecular weight is 258 g/mol. The monoisotopic (exact) mass is 257 g/mol. The highest BCUT2D eigenvalue weighted by atomic mass is 35.5. The van der Waals surface area contributed by atoms with Crippen molar-refractivity contribution < 1.29 is 17.6 Å². The van der Waals surface area contributed by atoms with Crippen LogP contribution in [0.25, 0.3) is 0 Å². The van der Waals surface area contributed by atoms with Gasteiger partial charge < -0.3 is 0 Å². The molecule has 1 nitrogen and oxygen atoms in total. The van der Waals surface area contributed by atoms with E-state index in [2.05, 4.69) is 17.2 Å². The molecular formula is C8H4ClF4NS. The Kier molecular flexibility index (Phi) is 3.62. The molecule has 0 aliphatic rings. The van der Waals surface area contributed by atoms with Crippen LogP contribution >= 0.6 is 24.4 Å². The second kappa shape index (κ2) is 4.40. The van der Waals surface area contributed by atoms with Gasteiger partial charge in [0.1, 0.15) is 5.82 Å². The van der Waals surface area contributed by atoms with E-state index in [1.54, 1.807) is 0 Å². The minimum Gasteiger partial charge on any atom is -0.214 e. The third kappa shape index (κ3) is 2.85. The molecule has 0 fully saturated rings. The minimum absolute atomic E-state index is 0.00914. The summed E-state index contributed by atoms with van der Waals surface area (Å²) in [7, 11) is 0. The fourth-order valence-corrected chi connectivity index (χ4v) is 1.34. The lowest BCUT2D eigenvalue weighted by Gasteiger charge is -2.10. The predicted octanol–water partition coefficient (Wildman–Crippen LogP) is 3.68. The number of hydrogen-bond donors (Lipinski definition) is 1. The van der Waals surface area contributed by atoms with Gasteiger partial charge in [-0.2, -0.15) is 13.2 Å². The summed E-state index contributed by atoms with van der Waals surface area (Å²) in [6.07, 6.45) is -4.77. The first-order chi connectivity index (χ1) is 6.86. The molecule has 82 valence electrons. The standard InChI is InChI=1S/C8H4ClF4NS/c9-4-1-2-6(10)5(3-4)7(14-15)8(11,12)13/h1-3,15H/b14-7-. The largest absolute Gasteiger partial charge is 0.434 e. The van der Waals surface area contributed by atoms with Gasteiger partial charge in [0.25, 0.3) is 0 Å². The van der Waals surface area contributed by atoms with Crippen LogP contribution in [0, 0.1) is 5.82 Å². The second-order valence-electron chi connectivity index (χ2n) is 2.57. The first-order valence-corrected chi connectivity index (χ1v) is 4.38. The summed E-state index contributed by atoms with van der Waals surface area (Å²) < 4.78 is 52.8. The Morgan fingerprint density at radius 2 is 1.93 bits per heavy atom. The quantitative estimate of drug-likeness (QED) is 0.448. The minimum atomic E-state index is -4.77. The summed E-state index contributed by atoms with van der Waals surface area (Å²) in [5.74, 6) is -1.05. The van der Waals surface area contributed by atoms with Crippen molar-refractivity contribution in [3.05, 3.63) is 34.6 Å². The molecule has 0 radical (unpaired) electrons. The molecule has 0 aliphatic heterocycles. The predicted molar refractivity (Wildman–Crippen MR) is 53.0 cm³/mol. The molecule has 0 atom stereocenters. The highest BCUT2D eigenvalue weighted by Crippen LogP contribution is 2.26. The van der Waals surface area contributed by atoms with Gasteiger partial charge >= 0.3 is 6.18 Å². The van der Waals surface area contributed by atoms with E-state index in [4.69, 9.17) is 11.6 Å². The molecule has 0 saturated heterocycles. The van der Waals surface area contributed by atoms with Gasteiger partial charge in [-0.05, 0) is 31.0 Å². The molecule has 1 aromatic rings. The van der Waals surface area contributed by atoms with E-state index < -0.39 is 23.3 Å². The average Bonchev–Trinajstić information content (AvgIpc) is 2.10. The molecule has 0 bridgehead atoms. The lowest BCUT2D eigenvalue weighted by molar-refractivity contribution is -0.0579. The molecule has 0 aliphatic carbocycles. The molecule has 15 heavy (non-hydrogen) atoms. The van der Waals surface area contributed by atoms with Gasteiger partial charge in [-0.3, -0.25) is 0 Å². The molecular weight excluding hydrogens is 254 g/mol. The zero-order chi connectivity index (χ0) is 11.6. The summed E-state index contributed by atoms with van der Waals surface area (Å²) >= 11 is 8.61. The summed E-state index contributed by atoms with van der Waals surface area (Å²) in [6.45, 7) is 0. The SMILES string of the molecule is Fc1ccc(Cl)cc1/C(=N/S)C(F)(F)F. The normalized spacial score (nSPS) is 13.1. The van der Waals surface area contributed by atoms with Crippen LogP contribution in [-0.2, 0) is 0 Å². The number of hydrogen-bond acceptors (Lipinski definition) is 2. The Bertz CT molecular complexity index is 402. The number of benzene rings is 1. The van der Waals surface area contributed by atoms with Gasteiger partial charge in [0.2, 0.25) is 0 Å². The first kappa shape index (κ1) is 12.3. The van der Waals surface area contributed by atoms with Crippen molar-refractivity contribution in [1.82, 2.24) is 0 Å². The van der Waals surface area contributed by atoms with Crippen molar-refractivity contribution in [3.63, 3.8) is 0 Å². The van der Waals surface area contributed by atoms with Crippen LogP contribution < -0.4 is 0 Å². The summed E-state index contributed by atoms with van der Waals surface area (Å²) in [4.78, 5) is 0. The first-order valence-electron chi connectivity index (χ1n) is 3.61. The van der Waals surface area contributed by atoms with Crippen LogP contribution in [0.2, 0.25) is 5.02 Å². The molecule has 1 aromatic carbocycles. The van der Waals surface area contributed by atoms with Gasteiger partial charge in [0.05, 0.1) is 0 Å². The molecule has 0 aromatic heterocycles. The molecule has 0 spiro atoms. The van der Waals surface area contributed by atoms with Crippen molar-refractivity contribution in [3.8, 4) is 0 Å². The Balaban J connectivity index is 3.31. The Morgan fingerprint density at radius 1 is 1.33 bits per heavy atom. The lowest BCUT2D eigenvalue weighted by Crippen LogP contribution is -2.24. The van der Waals surface area contributed by atoms with Gasteiger partial charge in [-0.15, -0.1) is 0 Å². The topological polar surface area (TPSA) is 12.4 Å². The zero-order valence-corrected chi connectivity index (χ0v) is 8.67. The van der Waals surface area contributed by atoms with E-state index in [1.807, 2.05) is 0 Å². The summed E-state index contributed by atoms with van der Waals surface area (Å²) in [5, 5.41) is -0.00914. The van der Waals surface area contributed by atoms with Crippen molar-refractivity contribution >= 4 is 30.1 Å². The third-order valence-corrected chi connectivity index (χ3v) is 1.99. The fourth-order valence-electron chi connectivity index (χ4n) is 0.942. The molecule has 0 amide bonds. The highest BCUT2D eigenvalue weighted by Gasteiger charge is 2.38. The number of nitrogens with zero attached hydrogens (tertiary/aromatic N) is 1. The van der Waals surface area contributed by atoms with E-state index >= 15 is 0 Å². The van der Waals surface area contributed by atoms with Crippen molar-refractivity contribution in [2.45, 2.75) is 6.18 Å². The number of thiol groups is 1. The van der Waals surface area contributed by atoms with Crippen molar-refractivity contribution in [2.24, 2.45) is 4.40 Å². The van der Waals surface area contributed by atoms with E-state index in [-0.39, 0.29) is 5.02 Å². The van der Waals surface area contributed by atoms with E-state index in [1.165, 1.54) is 0 Å². The molecule has 0 unspecified atom stereocenters. The van der Waals surface area contributed by atoms with E-state index in [9.17, 15) is 17.6 Å². The molecule has 0 N–H and O–H groups in total. The number of halogens is 5.